The minimum atomic E-state index is -0.538. The van der Waals surface area contributed by atoms with Crippen LogP contribution in [0, 0.1) is 5.82 Å². The van der Waals surface area contributed by atoms with Gasteiger partial charge in [-0.05, 0) is 50.9 Å². The Morgan fingerprint density at radius 3 is 2.32 bits per heavy atom. The normalized spacial score (nSPS) is 20.3. The van der Waals surface area contributed by atoms with Gasteiger partial charge in [-0.2, -0.15) is 0 Å². The van der Waals surface area contributed by atoms with Gasteiger partial charge in [-0.1, -0.05) is 6.08 Å². The number of hydrogen-bond donors (Lipinski definition) is 1. The summed E-state index contributed by atoms with van der Waals surface area (Å²) >= 11 is 0. The number of ether oxygens (including phenoxy) is 1. The molecule has 0 spiro atoms. The second-order valence-electron chi connectivity index (χ2n) is 6.44. The zero-order valence-electron chi connectivity index (χ0n) is 13.8. The monoisotopic (exact) mass is 307 g/mol. The van der Waals surface area contributed by atoms with E-state index in [9.17, 15) is 4.39 Å². The zero-order valence-corrected chi connectivity index (χ0v) is 13.8. The molecule has 0 bridgehead atoms. The highest BCUT2D eigenvalue weighted by Gasteiger charge is 2.52. The average Bonchev–Trinajstić information content (AvgIpc) is 2.64. The van der Waals surface area contributed by atoms with E-state index in [1.165, 1.54) is 19.2 Å². The van der Waals surface area contributed by atoms with Gasteiger partial charge in [0.1, 0.15) is 11.6 Å². The Hall–Kier alpha value is -1.37. The molecule has 120 valence electrons. The van der Waals surface area contributed by atoms with Crippen LogP contribution in [0.3, 0.4) is 0 Å². The summed E-state index contributed by atoms with van der Waals surface area (Å²) in [5, 5.41) is 0. The van der Waals surface area contributed by atoms with Crippen molar-refractivity contribution in [1.82, 2.24) is 0 Å². The fraction of sp³-hybridized carbons (Fsp3) is 0.500. The SMILES string of the molecule is COc1cc(F)cc(C=C(CN)B2OC(C)(C)C(C)(C)O2)c1. The number of halogens is 1. The molecule has 0 saturated carbocycles. The van der Waals surface area contributed by atoms with Gasteiger partial charge >= 0.3 is 7.12 Å². The molecule has 22 heavy (non-hydrogen) atoms. The van der Waals surface area contributed by atoms with Crippen LogP contribution in [0.2, 0.25) is 0 Å². The highest BCUT2D eigenvalue weighted by atomic mass is 19.1. The summed E-state index contributed by atoms with van der Waals surface area (Å²) < 4.78 is 30.6. The highest BCUT2D eigenvalue weighted by Crippen LogP contribution is 2.38. The standard InChI is InChI=1S/C16H23BFNO3/c1-15(2)16(3,4)22-17(21-15)12(10-19)6-11-7-13(18)9-14(8-11)20-5/h6-9H,10,19H2,1-5H3. The molecule has 1 aliphatic heterocycles. The van der Waals surface area contributed by atoms with E-state index in [0.717, 1.165) is 5.47 Å². The van der Waals surface area contributed by atoms with Gasteiger partial charge in [0.05, 0.1) is 18.3 Å². The van der Waals surface area contributed by atoms with Gasteiger partial charge < -0.3 is 19.8 Å². The second-order valence-corrected chi connectivity index (χ2v) is 6.44. The summed E-state index contributed by atoms with van der Waals surface area (Å²) in [6.07, 6.45) is 1.79. The molecule has 0 radical (unpaired) electrons. The third-order valence-electron chi connectivity index (χ3n) is 4.27. The Morgan fingerprint density at radius 1 is 1.23 bits per heavy atom. The van der Waals surface area contributed by atoms with Gasteiger partial charge in [0.25, 0.3) is 0 Å². The first-order valence-corrected chi connectivity index (χ1v) is 7.29. The van der Waals surface area contributed by atoms with Crippen LogP contribution in [0.1, 0.15) is 33.3 Å². The van der Waals surface area contributed by atoms with Crippen LogP contribution in [-0.2, 0) is 9.31 Å². The minimum Gasteiger partial charge on any atom is -0.497 e. The maximum absolute atomic E-state index is 13.6. The van der Waals surface area contributed by atoms with E-state index in [1.54, 1.807) is 12.1 Å². The largest absolute Gasteiger partial charge is 0.497 e. The quantitative estimate of drug-likeness (QED) is 0.869. The van der Waals surface area contributed by atoms with Crippen molar-refractivity contribution < 1.29 is 18.4 Å². The molecule has 1 fully saturated rings. The maximum atomic E-state index is 13.6. The highest BCUT2D eigenvalue weighted by molar-refractivity contribution is 6.55. The Bertz CT molecular complexity index is 571. The van der Waals surface area contributed by atoms with Crippen LogP contribution in [0.4, 0.5) is 4.39 Å². The molecule has 4 nitrogen and oxygen atoms in total. The number of benzene rings is 1. The van der Waals surface area contributed by atoms with E-state index < -0.39 is 18.3 Å². The zero-order chi connectivity index (χ0) is 16.5. The molecular formula is C16H23BFNO3. The van der Waals surface area contributed by atoms with Crippen LogP contribution < -0.4 is 10.5 Å². The van der Waals surface area contributed by atoms with E-state index in [-0.39, 0.29) is 12.4 Å². The van der Waals surface area contributed by atoms with Crippen LogP contribution in [-0.4, -0.2) is 32.0 Å². The van der Waals surface area contributed by atoms with Gasteiger partial charge in [0, 0.05) is 12.6 Å². The molecule has 0 amide bonds. The first-order chi connectivity index (χ1) is 10.2. The van der Waals surface area contributed by atoms with Crippen molar-refractivity contribution in [1.29, 1.82) is 0 Å². The van der Waals surface area contributed by atoms with Gasteiger partial charge in [-0.15, -0.1) is 0 Å². The summed E-state index contributed by atoms with van der Waals surface area (Å²) in [6.45, 7) is 8.17. The lowest BCUT2D eigenvalue weighted by atomic mass is 9.77. The number of methoxy groups -OCH3 is 1. The summed E-state index contributed by atoms with van der Waals surface area (Å²) in [5.74, 6) is 0.0902. The molecule has 1 aliphatic rings. The van der Waals surface area contributed by atoms with Crippen molar-refractivity contribution in [3.05, 3.63) is 35.1 Å². The topological polar surface area (TPSA) is 53.7 Å². The van der Waals surface area contributed by atoms with Crippen molar-refractivity contribution in [3.63, 3.8) is 0 Å². The van der Waals surface area contributed by atoms with Gasteiger partial charge in [-0.25, -0.2) is 4.39 Å². The lowest BCUT2D eigenvalue weighted by Crippen LogP contribution is -2.41. The average molecular weight is 307 g/mol. The smallest absolute Gasteiger partial charge is 0.491 e. The summed E-state index contributed by atoms with van der Waals surface area (Å²) in [4.78, 5) is 0. The van der Waals surface area contributed by atoms with Crippen molar-refractivity contribution in [2.24, 2.45) is 5.73 Å². The molecular weight excluding hydrogens is 284 g/mol. The molecule has 0 aliphatic carbocycles. The van der Waals surface area contributed by atoms with E-state index >= 15 is 0 Å². The molecule has 0 unspecified atom stereocenters. The van der Waals surface area contributed by atoms with E-state index in [4.69, 9.17) is 19.8 Å². The second kappa shape index (κ2) is 6.03. The first kappa shape index (κ1) is 17.0. The lowest BCUT2D eigenvalue weighted by Gasteiger charge is -2.32. The van der Waals surface area contributed by atoms with E-state index in [0.29, 0.717) is 11.3 Å². The van der Waals surface area contributed by atoms with Gasteiger partial charge in [0.2, 0.25) is 0 Å². The first-order valence-electron chi connectivity index (χ1n) is 7.29. The Kier molecular flexibility index (Phi) is 4.66. The van der Waals surface area contributed by atoms with Crippen LogP contribution in [0.5, 0.6) is 5.75 Å². The van der Waals surface area contributed by atoms with Crippen molar-refractivity contribution >= 4 is 13.2 Å². The Morgan fingerprint density at radius 2 is 1.82 bits per heavy atom. The Balaban J connectivity index is 2.31. The lowest BCUT2D eigenvalue weighted by molar-refractivity contribution is 0.00578. The maximum Gasteiger partial charge on any atom is 0.491 e. The number of nitrogens with two attached hydrogens (primary N) is 1. The molecule has 6 heteroatoms. The summed E-state index contributed by atoms with van der Waals surface area (Å²) in [5.41, 5.74) is 6.37. The molecule has 1 aromatic carbocycles. The Labute approximate surface area is 131 Å². The fourth-order valence-electron chi connectivity index (χ4n) is 2.22. The molecule has 2 rings (SSSR count). The molecule has 0 aromatic heterocycles. The van der Waals surface area contributed by atoms with Crippen LogP contribution >= 0.6 is 0 Å². The van der Waals surface area contributed by atoms with E-state index in [1.807, 2.05) is 27.7 Å². The van der Waals surface area contributed by atoms with Crippen LogP contribution in [0.15, 0.2) is 23.7 Å². The van der Waals surface area contributed by atoms with Crippen molar-refractivity contribution in [2.45, 2.75) is 38.9 Å². The van der Waals surface area contributed by atoms with Crippen molar-refractivity contribution in [2.75, 3.05) is 13.7 Å². The molecule has 1 aromatic rings. The molecule has 1 saturated heterocycles. The van der Waals surface area contributed by atoms with Crippen LogP contribution in [0.25, 0.3) is 6.08 Å². The molecule has 0 atom stereocenters. The predicted octanol–water partition coefficient (Wildman–Crippen LogP) is 2.81. The minimum absolute atomic E-state index is 0.260. The third kappa shape index (κ3) is 3.34. The summed E-state index contributed by atoms with van der Waals surface area (Å²) in [7, 11) is 0.963. The van der Waals surface area contributed by atoms with Gasteiger partial charge in [-0.3, -0.25) is 0 Å². The molecule has 1 heterocycles. The molecule has 2 N–H and O–H groups in total. The predicted molar refractivity (Wildman–Crippen MR) is 86.1 cm³/mol. The summed E-state index contributed by atoms with van der Waals surface area (Å²) in [6, 6.07) is 4.49. The third-order valence-corrected chi connectivity index (χ3v) is 4.27. The number of hydrogen-bond acceptors (Lipinski definition) is 4. The van der Waals surface area contributed by atoms with E-state index in [2.05, 4.69) is 0 Å². The number of rotatable bonds is 4. The fourth-order valence-corrected chi connectivity index (χ4v) is 2.22. The van der Waals surface area contributed by atoms with Crippen molar-refractivity contribution in [3.8, 4) is 5.75 Å². The van der Waals surface area contributed by atoms with Gasteiger partial charge in [0.15, 0.2) is 0 Å².